The molecule has 2 aromatic heterocycles. The molecule has 0 radical (unpaired) electrons. The summed E-state index contributed by atoms with van der Waals surface area (Å²) in [4.78, 5) is 29.0. The highest BCUT2D eigenvalue weighted by molar-refractivity contribution is 7.89. The number of nitrogens with two attached hydrogens (primary N) is 1. The number of amides is 1. The minimum Gasteiger partial charge on any atom is -0.364 e. The zero-order chi connectivity index (χ0) is 22.1. The largest absolute Gasteiger partial charge is 0.364 e. The molecule has 0 bridgehead atoms. The zero-order valence-corrected chi connectivity index (χ0v) is 18.2. The molecule has 30 heavy (non-hydrogen) atoms. The lowest BCUT2D eigenvalue weighted by molar-refractivity contribution is 0.0780. The van der Waals surface area contributed by atoms with Gasteiger partial charge in [0.1, 0.15) is 16.1 Å². The van der Waals surface area contributed by atoms with E-state index in [0.717, 1.165) is 0 Å². The number of aromatic nitrogens is 2. The molecule has 1 aliphatic rings. The van der Waals surface area contributed by atoms with E-state index in [1.54, 1.807) is 29.9 Å². The van der Waals surface area contributed by atoms with Crippen molar-refractivity contribution in [2.24, 2.45) is 23.7 Å². The van der Waals surface area contributed by atoms with Crippen molar-refractivity contribution in [2.45, 2.75) is 37.6 Å². The Balaban J connectivity index is 1.76. The third-order valence-corrected chi connectivity index (χ3v) is 7.00. The molecule has 0 spiro atoms. The smallest absolute Gasteiger partial charge is 0.265 e. The van der Waals surface area contributed by atoms with Crippen molar-refractivity contribution in [3.63, 3.8) is 0 Å². The first-order chi connectivity index (χ1) is 14.1. The molecular weight excluding hydrogens is 406 g/mol. The van der Waals surface area contributed by atoms with Crippen LogP contribution in [0.25, 0.3) is 0 Å². The Labute approximate surface area is 175 Å². The van der Waals surface area contributed by atoms with E-state index in [1.165, 1.54) is 21.1 Å². The van der Waals surface area contributed by atoms with Gasteiger partial charge in [0, 0.05) is 44.5 Å². The Morgan fingerprint density at radius 2 is 1.87 bits per heavy atom. The highest BCUT2D eigenvalue weighted by Gasteiger charge is 2.33. The number of piperidine rings is 1. The van der Waals surface area contributed by atoms with Gasteiger partial charge < -0.3 is 10.3 Å². The van der Waals surface area contributed by atoms with E-state index >= 15 is 0 Å². The van der Waals surface area contributed by atoms with Gasteiger partial charge in [-0.3, -0.25) is 19.1 Å². The molecule has 162 valence electrons. The number of pyridine rings is 1. The fourth-order valence-electron chi connectivity index (χ4n) is 3.60. The Bertz CT molecular complexity index is 1120. The van der Waals surface area contributed by atoms with Crippen molar-refractivity contribution in [3.8, 4) is 0 Å². The maximum atomic E-state index is 13.0. The first kappa shape index (κ1) is 22.0. The van der Waals surface area contributed by atoms with E-state index in [4.69, 9.17) is 5.73 Å². The van der Waals surface area contributed by atoms with Gasteiger partial charge in [-0.05, 0) is 44.9 Å². The van der Waals surface area contributed by atoms with Crippen LogP contribution in [0.3, 0.4) is 0 Å². The van der Waals surface area contributed by atoms with Gasteiger partial charge in [0.25, 0.3) is 5.91 Å². The molecule has 2 aromatic rings. The van der Waals surface area contributed by atoms with Crippen LogP contribution in [0.15, 0.2) is 46.5 Å². The maximum Gasteiger partial charge on any atom is 0.265 e. The van der Waals surface area contributed by atoms with Crippen molar-refractivity contribution in [3.05, 3.63) is 47.8 Å². The number of nitrogens with zero attached hydrogens (tertiary/aromatic N) is 4. The third-order valence-electron chi connectivity index (χ3n) is 5.14. The van der Waals surface area contributed by atoms with E-state index in [0.29, 0.717) is 18.3 Å². The minimum absolute atomic E-state index is 0.0269. The van der Waals surface area contributed by atoms with Crippen LogP contribution in [0.1, 0.15) is 42.0 Å². The van der Waals surface area contributed by atoms with E-state index in [9.17, 15) is 18.0 Å². The van der Waals surface area contributed by atoms with Gasteiger partial charge in [0.2, 0.25) is 15.9 Å². The Kier molecular flexibility index (Phi) is 6.27. The van der Waals surface area contributed by atoms with Gasteiger partial charge in [-0.15, -0.1) is 0 Å². The number of rotatable bonds is 5. The molecule has 1 fully saturated rings. The first-order valence-corrected chi connectivity index (χ1v) is 11.3. The van der Waals surface area contributed by atoms with Crippen LogP contribution in [-0.4, -0.2) is 52.8 Å². The zero-order valence-electron chi connectivity index (χ0n) is 17.4. The van der Waals surface area contributed by atoms with Crippen LogP contribution in [0.2, 0.25) is 0 Å². The average Bonchev–Trinajstić information content (AvgIpc) is 3.10. The van der Waals surface area contributed by atoms with Gasteiger partial charge in [0.05, 0.1) is 0 Å². The van der Waals surface area contributed by atoms with E-state index in [2.05, 4.69) is 4.99 Å². The monoisotopic (exact) mass is 433 g/mol. The molecule has 0 aromatic carbocycles. The lowest BCUT2D eigenvalue weighted by Crippen LogP contribution is -2.42. The summed E-state index contributed by atoms with van der Waals surface area (Å²) in [6.07, 6.45) is 3.90. The standard InChI is InChI=1S/C20H27N5O4S/c1-14(2)22-18-6-4-5-9-25(18)20(27)15-7-10-24(11-8-15)30(28,29)16-12-17(19(21)26)23(3)13-16/h4-6,9,12-15H,7-8,10-11H2,1-3H3,(H2,21,26). The van der Waals surface area contributed by atoms with Crippen molar-refractivity contribution < 1.29 is 18.0 Å². The fourth-order valence-corrected chi connectivity index (χ4v) is 5.14. The predicted octanol–water partition coefficient (Wildman–Crippen LogP) is 0.976. The van der Waals surface area contributed by atoms with E-state index in [-0.39, 0.29) is 41.5 Å². The van der Waals surface area contributed by atoms with Crippen molar-refractivity contribution in [1.82, 2.24) is 13.4 Å². The van der Waals surface area contributed by atoms with Crippen LogP contribution < -0.4 is 11.2 Å². The molecule has 0 aliphatic carbocycles. The van der Waals surface area contributed by atoms with Gasteiger partial charge in [-0.1, -0.05) is 6.07 Å². The summed E-state index contributed by atoms with van der Waals surface area (Å²) in [5.41, 5.74) is 6.00. The van der Waals surface area contributed by atoms with Gasteiger partial charge in [-0.2, -0.15) is 4.31 Å². The minimum atomic E-state index is -3.77. The SMILES string of the molecule is CC(C)N=c1ccccn1C(=O)C1CCN(S(=O)(=O)c2cc(C(N)=O)n(C)c2)CC1. The summed E-state index contributed by atoms with van der Waals surface area (Å²) >= 11 is 0. The Morgan fingerprint density at radius 1 is 1.20 bits per heavy atom. The summed E-state index contributed by atoms with van der Waals surface area (Å²) in [6.45, 7) is 4.34. The predicted molar refractivity (Wildman–Crippen MR) is 111 cm³/mol. The number of carbonyl (C=O) groups is 2. The molecule has 1 aliphatic heterocycles. The molecular formula is C20H27N5O4S. The van der Waals surface area contributed by atoms with Crippen LogP contribution in [-0.2, 0) is 17.1 Å². The maximum absolute atomic E-state index is 13.0. The normalized spacial score (nSPS) is 16.9. The second-order valence-electron chi connectivity index (χ2n) is 7.70. The summed E-state index contributed by atoms with van der Waals surface area (Å²) in [7, 11) is -2.20. The summed E-state index contributed by atoms with van der Waals surface area (Å²) < 4.78 is 30.2. The molecule has 0 unspecified atom stereocenters. The van der Waals surface area contributed by atoms with Crippen LogP contribution >= 0.6 is 0 Å². The topological polar surface area (TPSA) is 120 Å². The van der Waals surface area contributed by atoms with Gasteiger partial charge >= 0.3 is 0 Å². The van der Waals surface area contributed by atoms with Gasteiger partial charge in [0.15, 0.2) is 0 Å². The molecule has 0 saturated carbocycles. The summed E-state index contributed by atoms with van der Waals surface area (Å²) in [6, 6.07) is 6.75. The number of sulfonamides is 1. The summed E-state index contributed by atoms with van der Waals surface area (Å²) in [5.74, 6) is -1.06. The number of hydrogen-bond acceptors (Lipinski definition) is 5. The quantitative estimate of drug-likeness (QED) is 0.755. The van der Waals surface area contributed by atoms with Crippen molar-refractivity contribution >= 4 is 21.8 Å². The van der Waals surface area contributed by atoms with Gasteiger partial charge in [-0.25, -0.2) is 8.42 Å². The lowest BCUT2D eigenvalue weighted by Gasteiger charge is -2.30. The molecule has 10 heteroatoms. The molecule has 1 amide bonds. The second kappa shape index (κ2) is 8.57. The van der Waals surface area contributed by atoms with Crippen LogP contribution in [0, 0.1) is 5.92 Å². The fraction of sp³-hybridized carbons (Fsp3) is 0.450. The Hall–Kier alpha value is -2.72. The van der Waals surface area contributed by atoms with Crippen molar-refractivity contribution in [1.29, 1.82) is 0 Å². The molecule has 3 heterocycles. The number of carbonyl (C=O) groups excluding carboxylic acids is 2. The van der Waals surface area contributed by atoms with Crippen LogP contribution in [0.5, 0.6) is 0 Å². The number of aryl methyl sites for hydroxylation is 1. The molecule has 1 saturated heterocycles. The molecule has 2 N–H and O–H groups in total. The van der Waals surface area contributed by atoms with E-state index in [1.807, 2.05) is 19.9 Å². The average molecular weight is 434 g/mol. The molecule has 0 atom stereocenters. The Morgan fingerprint density at radius 3 is 2.43 bits per heavy atom. The highest BCUT2D eigenvalue weighted by Crippen LogP contribution is 2.25. The molecule has 3 rings (SSSR count). The number of hydrogen-bond donors (Lipinski definition) is 1. The molecule has 9 nitrogen and oxygen atoms in total. The van der Waals surface area contributed by atoms with Crippen molar-refractivity contribution in [2.75, 3.05) is 13.1 Å². The van der Waals surface area contributed by atoms with Crippen LogP contribution in [0.4, 0.5) is 0 Å². The van der Waals surface area contributed by atoms with E-state index < -0.39 is 15.9 Å². The highest BCUT2D eigenvalue weighted by atomic mass is 32.2. The number of primary amides is 1. The second-order valence-corrected chi connectivity index (χ2v) is 9.64. The first-order valence-electron chi connectivity index (χ1n) is 9.83. The third kappa shape index (κ3) is 4.39. The lowest BCUT2D eigenvalue weighted by atomic mass is 9.97. The summed E-state index contributed by atoms with van der Waals surface area (Å²) in [5, 5.41) is 0.